The second kappa shape index (κ2) is 8.52. The zero-order valence-corrected chi connectivity index (χ0v) is 10.4. The number of amides is 2. The summed E-state index contributed by atoms with van der Waals surface area (Å²) >= 11 is 0. The van der Waals surface area contributed by atoms with E-state index in [4.69, 9.17) is 0 Å². The number of nitrogens with one attached hydrogen (secondary N) is 2. The molecule has 0 unspecified atom stereocenters. The summed E-state index contributed by atoms with van der Waals surface area (Å²) < 4.78 is 0. The maximum absolute atomic E-state index is 11.2. The minimum atomic E-state index is -0.208. The molecule has 0 aliphatic rings. The van der Waals surface area contributed by atoms with Crippen LogP contribution in [0, 0.1) is 0 Å². The van der Waals surface area contributed by atoms with Crippen LogP contribution in [0.4, 0.5) is 0 Å². The van der Waals surface area contributed by atoms with Crippen molar-refractivity contribution in [2.24, 2.45) is 0 Å². The lowest BCUT2D eigenvalue weighted by Crippen LogP contribution is -2.36. The van der Waals surface area contributed by atoms with Crippen LogP contribution in [-0.4, -0.2) is 29.9 Å². The van der Waals surface area contributed by atoms with Crippen LogP contribution in [-0.2, 0) is 16.0 Å². The molecule has 94 valence electrons. The molecule has 0 aliphatic carbocycles. The fourth-order valence-corrected chi connectivity index (χ4v) is 1.14. The van der Waals surface area contributed by atoms with Crippen molar-refractivity contribution in [2.75, 3.05) is 13.1 Å². The smallest absolute Gasteiger partial charge is 0.239 e. The van der Waals surface area contributed by atoms with Gasteiger partial charge in [0.2, 0.25) is 11.8 Å². The number of carbonyl (C=O) groups is 2. The Morgan fingerprint density at radius 2 is 2.06 bits per heavy atom. The monoisotopic (exact) mass is 257 g/mol. The highest BCUT2D eigenvalue weighted by molar-refractivity contribution is 5.85. The Bertz CT molecular complexity index is 357. The van der Waals surface area contributed by atoms with E-state index in [1.807, 2.05) is 18.2 Å². The predicted molar refractivity (Wildman–Crippen MR) is 66.9 cm³/mol. The van der Waals surface area contributed by atoms with E-state index in [0.717, 1.165) is 5.69 Å². The third-order valence-corrected chi connectivity index (χ3v) is 1.93. The SMILES string of the molecule is CC(=O)NCC(=O)NCCc1ccccn1.Cl. The molecule has 0 saturated heterocycles. The molecule has 0 spiro atoms. The summed E-state index contributed by atoms with van der Waals surface area (Å²) in [5.74, 6) is -0.397. The topological polar surface area (TPSA) is 71.1 Å². The average Bonchev–Trinajstić information content (AvgIpc) is 2.28. The Morgan fingerprint density at radius 3 is 2.65 bits per heavy atom. The van der Waals surface area contributed by atoms with Gasteiger partial charge < -0.3 is 10.6 Å². The molecule has 1 heterocycles. The first-order chi connectivity index (χ1) is 7.68. The van der Waals surface area contributed by atoms with Crippen molar-refractivity contribution in [1.82, 2.24) is 15.6 Å². The highest BCUT2D eigenvalue weighted by atomic mass is 35.5. The molecular formula is C11H16ClN3O2. The number of rotatable bonds is 5. The third kappa shape index (κ3) is 7.30. The minimum Gasteiger partial charge on any atom is -0.354 e. The van der Waals surface area contributed by atoms with E-state index in [1.54, 1.807) is 6.20 Å². The van der Waals surface area contributed by atoms with Crippen molar-refractivity contribution in [1.29, 1.82) is 0 Å². The number of halogens is 1. The van der Waals surface area contributed by atoms with Gasteiger partial charge in [-0.05, 0) is 12.1 Å². The second-order valence-corrected chi connectivity index (χ2v) is 3.33. The van der Waals surface area contributed by atoms with Gasteiger partial charge in [-0.25, -0.2) is 0 Å². The molecular weight excluding hydrogens is 242 g/mol. The van der Waals surface area contributed by atoms with Gasteiger partial charge in [0.05, 0.1) is 6.54 Å². The Labute approximate surface area is 106 Å². The first-order valence-electron chi connectivity index (χ1n) is 5.09. The zero-order chi connectivity index (χ0) is 11.8. The van der Waals surface area contributed by atoms with Crippen molar-refractivity contribution in [3.8, 4) is 0 Å². The van der Waals surface area contributed by atoms with E-state index in [1.165, 1.54) is 6.92 Å². The van der Waals surface area contributed by atoms with Crippen LogP contribution in [0.2, 0.25) is 0 Å². The summed E-state index contributed by atoms with van der Waals surface area (Å²) in [5.41, 5.74) is 0.933. The molecule has 2 amide bonds. The molecule has 0 fully saturated rings. The normalized spacial score (nSPS) is 9.00. The summed E-state index contributed by atoms with van der Waals surface area (Å²) in [4.78, 5) is 25.9. The van der Waals surface area contributed by atoms with E-state index in [2.05, 4.69) is 15.6 Å². The van der Waals surface area contributed by atoms with E-state index in [9.17, 15) is 9.59 Å². The summed E-state index contributed by atoms with van der Waals surface area (Å²) in [6.07, 6.45) is 2.40. The van der Waals surface area contributed by atoms with Gasteiger partial charge in [-0.2, -0.15) is 0 Å². The molecule has 0 aliphatic heterocycles. The van der Waals surface area contributed by atoms with E-state index < -0.39 is 0 Å². The van der Waals surface area contributed by atoms with Gasteiger partial charge in [0.15, 0.2) is 0 Å². The minimum absolute atomic E-state index is 0. The second-order valence-electron chi connectivity index (χ2n) is 3.33. The fourth-order valence-electron chi connectivity index (χ4n) is 1.14. The number of carbonyl (C=O) groups excluding carboxylic acids is 2. The summed E-state index contributed by atoms with van der Waals surface area (Å²) in [6.45, 7) is 1.92. The van der Waals surface area contributed by atoms with Gasteiger partial charge in [0.1, 0.15) is 0 Å². The highest BCUT2D eigenvalue weighted by Gasteiger charge is 2.01. The molecule has 5 nitrogen and oxygen atoms in total. The third-order valence-electron chi connectivity index (χ3n) is 1.93. The molecule has 6 heteroatoms. The zero-order valence-electron chi connectivity index (χ0n) is 9.60. The Kier molecular flexibility index (Phi) is 7.71. The lowest BCUT2D eigenvalue weighted by Gasteiger charge is -2.05. The Morgan fingerprint density at radius 1 is 1.29 bits per heavy atom. The number of hydrogen-bond donors (Lipinski definition) is 2. The average molecular weight is 258 g/mol. The molecule has 1 aromatic rings. The van der Waals surface area contributed by atoms with Crippen molar-refractivity contribution < 1.29 is 9.59 Å². The Balaban J connectivity index is 0.00000256. The number of aromatic nitrogens is 1. The molecule has 1 aromatic heterocycles. The summed E-state index contributed by atoms with van der Waals surface area (Å²) in [6, 6.07) is 5.65. The molecule has 0 saturated carbocycles. The first kappa shape index (κ1) is 15.4. The predicted octanol–water partition coefficient (Wildman–Crippen LogP) is 0.298. The van der Waals surface area contributed by atoms with Crippen molar-refractivity contribution in [3.63, 3.8) is 0 Å². The molecule has 0 atom stereocenters. The maximum atomic E-state index is 11.2. The van der Waals surface area contributed by atoms with Crippen LogP contribution >= 0.6 is 12.4 Å². The maximum Gasteiger partial charge on any atom is 0.239 e. The van der Waals surface area contributed by atoms with Crippen molar-refractivity contribution in [2.45, 2.75) is 13.3 Å². The lowest BCUT2D eigenvalue weighted by molar-refractivity contribution is -0.125. The summed E-state index contributed by atoms with van der Waals surface area (Å²) in [5, 5.41) is 5.12. The van der Waals surface area contributed by atoms with Crippen LogP contribution < -0.4 is 10.6 Å². The van der Waals surface area contributed by atoms with Crippen LogP contribution in [0.25, 0.3) is 0 Å². The van der Waals surface area contributed by atoms with E-state index in [0.29, 0.717) is 13.0 Å². The number of nitrogens with zero attached hydrogens (tertiary/aromatic N) is 1. The summed E-state index contributed by atoms with van der Waals surface area (Å²) in [7, 11) is 0. The molecule has 0 aromatic carbocycles. The van der Waals surface area contributed by atoms with Crippen molar-refractivity contribution >= 4 is 24.2 Å². The van der Waals surface area contributed by atoms with Gasteiger partial charge >= 0.3 is 0 Å². The van der Waals surface area contributed by atoms with E-state index in [-0.39, 0.29) is 30.8 Å². The number of pyridine rings is 1. The van der Waals surface area contributed by atoms with Crippen LogP contribution in [0.3, 0.4) is 0 Å². The van der Waals surface area contributed by atoms with E-state index >= 15 is 0 Å². The van der Waals surface area contributed by atoms with Gasteiger partial charge in [-0.3, -0.25) is 14.6 Å². The molecule has 1 rings (SSSR count). The molecule has 2 N–H and O–H groups in total. The van der Waals surface area contributed by atoms with Gasteiger partial charge in [0, 0.05) is 31.8 Å². The number of hydrogen-bond acceptors (Lipinski definition) is 3. The van der Waals surface area contributed by atoms with Gasteiger partial charge in [-0.15, -0.1) is 12.4 Å². The highest BCUT2D eigenvalue weighted by Crippen LogP contribution is 1.92. The molecule has 0 bridgehead atoms. The van der Waals surface area contributed by atoms with Crippen LogP contribution in [0.1, 0.15) is 12.6 Å². The van der Waals surface area contributed by atoms with Gasteiger partial charge in [-0.1, -0.05) is 6.07 Å². The first-order valence-corrected chi connectivity index (χ1v) is 5.09. The lowest BCUT2D eigenvalue weighted by atomic mass is 10.3. The fraction of sp³-hybridized carbons (Fsp3) is 0.364. The van der Waals surface area contributed by atoms with Crippen LogP contribution in [0.5, 0.6) is 0 Å². The Hall–Kier alpha value is -1.62. The largest absolute Gasteiger partial charge is 0.354 e. The van der Waals surface area contributed by atoms with Gasteiger partial charge in [0.25, 0.3) is 0 Å². The molecule has 17 heavy (non-hydrogen) atoms. The van der Waals surface area contributed by atoms with Crippen molar-refractivity contribution in [3.05, 3.63) is 30.1 Å². The quantitative estimate of drug-likeness (QED) is 0.797. The van der Waals surface area contributed by atoms with Crippen LogP contribution in [0.15, 0.2) is 24.4 Å². The molecule has 0 radical (unpaired) electrons. The standard InChI is InChI=1S/C11H15N3O2.ClH/c1-9(15)14-8-11(16)13-7-5-10-4-2-3-6-12-10;/h2-4,6H,5,7-8H2,1H3,(H,13,16)(H,14,15);1H.